The van der Waals surface area contributed by atoms with Crippen molar-refractivity contribution in [1.29, 1.82) is 0 Å². The molecule has 1 aliphatic rings. The van der Waals surface area contributed by atoms with Crippen LogP contribution in [0.1, 0.15) is 29.3 Å². The molecule has 0 radical (unpaired) electrons. The topological polar surface area (TPSA) is 158 Å². The van der Waals surface area contributed by atoms with Gasteiger partial charge >= 0.3 is 0 Å². The molecule has 48 heavy (non-hydrogen) atoms. The van der Waals surface area contributed by atoms with Gasteiger partial charge in [0.1, 0.15) is 36.4 Å². The van der Waals surface area contributed by atoms with Gasteiger partial charge in [0.15, 0.2) is 17.2 Å². The first-order valence-electron chi connectivity index (χ1n) is 14.4. The van der Waals surface area contributed by atoms with E-state index in [9.17, 15) is 8.78 Å². The number of hydrogen-bond acceptors (Lipinski definition) is 11. The van der Waals surface area contributed by atoms with Crippen molar-refractivity contribution in [2.24, 2.45) is 7.05 Å². The molecular weight excluding hydrogens is 692 g/mol. The average molecular weight is 714 g/mol. The Bertz CT molecular complexity index is 2440. The van der Waals surface area contributed by atoms with Crippen LogP contribution in [0.4, 0.5) is 8.78 Å². The van der Waals surface area contributed by atoms with Gasteiger partial charge < -0.3 is 13.8 Å². The summed E-state index contributed by atoms with van der Waals surface area (Å²) in [5.74, 6) is 2.26. The van der Waals surface area contributed by atoms with E-state index in [0.717, 1.165) is 26.5 Å². The molecule has 1 aliphatic heterocycles. The van der Waals surface area contributed by atoms with Gasteiger partial charge in [0.2, 0.25) is 11.7 Å². The summed E-state index contributed by atoms with van der Waals surface area (Å²) in [4.78, 5) is 8.10. The van der Waals surface area contributed by atoms with Crippen LogP contribution in [0, 0.1) is 6.92 Å². The second-order valence-electron chi connectivity index (χ2n) is 10.8. The van der Waals surface area contributed by atoms with Gasteiger partial charge in [-0.05, 0) is 31.2 Å². The Morgan fingerprint density at radius 3 is 2.65 bits per heavy atom. The molecule has 7 heterocycles. The molecule has 0 saturated heterocycles. The maximum atomic E-state index is 13.1. The van der Waals surface area contributed by atoms with E-state index in [4.69, 9.17) is 9.26 Å². The first kappa shape index (κ1) is 29.5. The van der Waals surface area contributed by atoms with E-state index in [1.54, 1.807) is 37.8 Å². The maximum absolute atomic E-state index is 13.1. The van der Waals surface area contributed by atoms with E-state index in [-0.39, 0.29) is 18.8 Å². The van der Waals surface area contributed by atoms with Crippen molar-refractivity contribution >= 4 is 32.3 Å². The van der Waals surface area contributed by atoms with E-state index in [1.165, 1.54) is 12.7 Å². The molecule has 9 rings (SSSR count). The lowest BCUT2D eigenvalue weighted by molar-refractivity contribution is 0.145. The van der Waals surface area contributed by atoms with Crippen LogP contribution >= 0.6 is 15.9 Å². The summed E-state index contributed by atoms with van der Waals surface area (Å²) in [6.45, 7) is 2.27. The molecule has 0 atom stereocenters. The van der Waals surface area contributed by atoms with Crippen LogP contribution in [0.3, 0.4) is 0 Å². The molecule has 6 aromatic heterocycles. The van der Waals surface area contributed by atoms with Crippen molar-refractivity contribution in [1.82, 2.24) is 64.3 Å². The molecule has 18 heteroatoms. The molecular formula is C30H22BrF2N13O2. The highest BCUT2D eigenvalue weighted by Gasteiger charge is 2.27. The number of rotatable bonds is 5. The third-order valence-corrected chi connectivity index (χ3v) is 8.07. The van der Waals surface area contributed by atoms with Gasteiger partial charge in [-0.3, -0.25) is 4.68 Å². The molecule has 0 fully saturated rings. The largest absolute Gasteiger partial charge is 0.470 e. The number of fused-ring (bicyclic) bond motifs is 8. The minimum atomic E-state index is -2.62. The lowest BCUT2D eigenvalue weighted by Crippen LogP contribution is -2.07. The summed E-state index contributed by atoms with van der Waals surface area (Å²) in [5.41, 5.74) is 3.68. The van der Waals surface area contributed by atoms with Gasteiger partial charge in [-0.15, -0.1) is 20.4 Å². The number of benzene rings is 2. The molecule has 240 valence electrons. The second kappa shape index (κ2) is 11.7. The lowest BCUT2D eigenvalue weighted by Gasteiger charge is -2.09. The number of alkyl halides is 2. The van der Waals surface area contributed by atoms with Crippen molar-refractivity contribution in [3.63, 3.8) is 0 Å². The Hall–Kier alpha value is -5.91. The van der Waals surface area contributed by atoms with E-state index in [2.05, 4.69) is 61.8 Å². The number of ether oxygens (including phenoxy) is 1. The quantitative estimate of drug-likeness (QED) is 0.233. The van der Waals surface area contributed by atoms with Gasteiger partial charge in [0.05, 0.1) is 24.1 Å². The van der Waals surface area contributed by atoms with Crippen LogP contribution in [0.25, 0.3) is 45.0 Å². The lowest BCUT2D eigenvalue weighted by atomic mass is 10.1. The standard InChI is InChI=1S/C17H14N8O2.C13H8BrF2N5/c1-10-7-14(22-27-10)16-20-19-15-12-5-3-4-6-13(12)17(21-25(15)16)26-9-11-8-24(2)23-18-11;14-7-1-2-9-8(3-7)13-17-5-19-21(13)4-10-11(12(15)16)18-6-20(9)10/h3-8H,9H2,1-2H3;1-3,5-6,12H,4H2. The van der Waals surface area contributed by atoms with Gasteiger partial charge in [-0.25, -0.2) is 23.4 Å². The predicted octanol–water partition coefficient (Wildman–Crippen LogP) is 5.14. The van der Waals surface area contributed by atoms with Crippen LogP contribution in [-0.4, -0.2) is 64.3 Å². The summed E-state index contributed by atoms with van der Waals surface area (Å²) in [5, 5.41) is 30.9. The zero-order chi connectivity index (χ0) is 32.9. The molecule has 0 spiro atoms. The van der Waals surface area contributed by atoms with Crippen molar-refractivity contribution in [2.45, 2.75) is 26.5 Å². The van der Waals surface area contributed by atoms with Gasteiger partial charge in [-0.1, -0.05) is 44.5 Å². The highest BCUT2D eigenvalue weighted by Crippen LogP contribution is 2.35. The minimum Gasteiger partial charge on any atom is -0.470 e. The van der Waals surface area contributed by atoms with E-state index < -0.39 is 6.43 Å². The van der Waals surface area contributed by atoms with Gasteiger partial charge in [-0.2, -0.15) is 9.61 Å². The number of hydrogen-bond donors (Lipinski definition) is 0. The Morgan fingerprint density at radius 2 is 1.88 bits per heavy atom. The number of aryl methyl sites for hydroxylation is 2. The Kier molecular flexibility index (Phi) is 7.20. The summed E-state index contributed by atoms with van der Waals surface area (Å²) in [6, 6.07) is 15.1. The second-order valence-corrected chi connectivity index (χ2v) is 11.7. The minimum absolute atomic E-state index is 0.210. The zero-order valence-electron chi connectivity index (χ0n) is 25.1. The third kappa shape index (κ3) is 5.15. The van der Waals surface area contributed by atoms with Crippen LogP contribution in [0.5, 0.6) is 5.88 Å². The number of aromatic nitrogens is 13. The number of imidazole rings is 1. The molecule has 0 amide bonds. The highest BCUT2D eigenvalue weighted by molar-refractivity contribution is 9.10. The fourth-order valence-electron chi connectivity index (χ4n) is 5.46. The van der Waals surface area contributed by atoms with Crippen molar-refractivity contribution in [3.05, 3.63) is 94.7 Å². The summed E-state index contributed by atoms with van der Waals surface area (Å²) in [6.07, 6.45) is 2.03. The summed E-state index contributed by atoms with van der Waals surface area (Å²) in [7, 11) is 1.81. The maximum Gasteiger partial charge on any atom is 0.282 e. The Balaban J connectivity index is 0.000000145. The third-order valence-electron chi connectivity index (χ3n) is 7.57. The normalized spacial score (nSPS) is 12.0. The molecule has 2 aromatic carbocycles. The first-order valence-corrected chi connectivity index (χ1v) is 15.2. The van der Waals surface area contributed by atoms with Crippen LogP contribution < -0.4 is 4.74 Å². The molecule has 0 bridgehead atoms. The Labute approximate surface area is 276 Å². The summed E-state index contributed by atoms with van der Waals surface area (Å²) >= 11 is 3.42. The van der Waals surface area contributed by atoms with Crippen molar-refractivity contribution in [3.8, 4) is 34.5 Å². The number of halogens is 3. The van der Waals surface area contributed by atoms with Crippen LogP contribution in [0.2, 0.25) is 0 Å². The highest BCUT2D eigenvalue weighted by atomic mass is 79.9. The molecule has 0 saturated carbocycles. The zero-order valence-corrected chi connectivity index (χ0v) is 26.7. The first-order chi connectivity index (χ1) is 23.3. The van der Waals surface area contributed by atoms with Gasteiger partial charge in [0, 0.05) is 33.9 Å². The van der Waals surface area contributed by atoms with E-state index >= 15 is 0 Å². The van der Waals surface area contributed by atoms with Gasteiger partial charge in [0.25, 0.3) is 6.43 Å². The average Bonchev–Trinajstić information content (AvgIpc) is 3.92. The van der Waals surface area contributed by atoms with Crippen molar-refractivity contribution < 1.29 is 18.0 Å². The van der Waals surface area contributed by atoms with Crippen LogP contribution in [0.15, 0.2) is 76.4 Å². The van der Waals surface area contributed by atoms with Crippen LogP contribution in [-0.2, 0) is 20.2 Å². The van der Waals surface area contributed by atoms with E-state index in [1.807, 2.05) is 49.4 Å². The molecule has 0 N–H and O–H groups in total. The molecule has 0 aliphatic carbocycles. The molecule has 0 unspecified atom stereocenters. The Morgan fingerprint density at radius 1 is 1.02 bits per heavy atom. The molecule has 8 aromatic rings. The molecule has 15 nitrogen and oxygen atoms in total. The summed E-state index contributed by atoms with van der Waals surface area (Å²) < 4.78 is 44.8. The van der Waals surface area contributed by atoms with E-state index in [0.29, 0.717) is 46.0 Å². The number of nitrogens with zero attached hydrogens (tertiary/aromatic N) is 13. The van der Waals surface area contributed by atoms with Crippen molar-refractivity contribution in [2.75, 3.05) is 0 Å². The fourth-order valence-corrected chi connectivity index (χ4v) is 5.82. The predicted molar refractivity (Wildman–Crippen MR) is 168 cm³/mol. The fraction of sp³-hybridized carbons (Fsp3) is 0.167. The monoisotopic (exact) mass is 713 g/mol. The smallest absolute Gasteiger partial charge is 0.282 e. The SMILES string of the molecule is Cc1cc(-c2nnc3c4ccccc4c(OCc4cn(C)nn4)nn23)no1.FC(F)c1ncn2c1Cn1ncnc1-c1cc(Br)ccc1-2.